The lowest BCUT2D eigenvalue weighted by Gasteiger charge is -2.64. The summed E-state index contributed by atoms with van der Waals surface area (Å²) in [6.45, 7) is 20.6. The van der Waals surface area contributed by atoms with E-state index in [2.05, 4.69) is 49.8 Å². The van der Waals surface area contributed by atoms with Crippen molar-refractivity contribution in [3.63, 3.8) is 0 Å². The number of hydrogen-bond acceptors (Lipinski definition) is 11. The van der Waals surface area contributed by atoms with Gasteiger partial charge in [-0.1, -0.05) is 78.8 Å². The highest BCUT2D eigenvalue weighted by atomic mass is 28.2. The molecule has 69 heavy (non-hydrogen) atoms. The molecule has 4 aliphatic carbocycles. The SMILES string of the molecule is CCCCCCCCN(CCC[C@@H](C)[C@H]1CC[C@H]2[C@@H]3[C@H](OCN)C[C@@H]4C[C@H](OCCCN)CC[C@]4(C)[C@H]3C[C@H](OCCCN)[C@]12C)C(=O)NCCOCCOCCOCCNC(=O)CCCC[SiH2]C. The highest BCUT2D eigenvalue weighted by molar-refractivity contribution is 6.33. The first-order valence-electron chi connectivity index (χ1n) is 28.6. The fraction of sp³-hybridized carbons (Fsp3) is 0.963. The zero-order valence-corrected chi connectivity index (χ0v) is 46.2. The van der Waals surface area contributed by atoms with Gasteiger partial charge in [0.1, 0.15) is 0 Å². The van der Waals surface area contributed by atoms with Gasteiger partial charge in [-0.05, 0) is 137 Å². The quantitative estimate of drug-likeness (QED) is 0.0234. The van der Waals surface area contributed by atoms with Crippen LogP contribution >= 0.6 is 0 Å². The van der Waals surface area contributed by atoms with Gasteiger partial charge >= 0.3 is 6.03 Å². The van der Waals surface area contributed by atoms with Crippen molar-refractivity contribution in [2.24, 2.45) is 63.5 Å². The maximum absolute atomic E-state index is 13.7. The van der Waals surface area contributed by atoms with Gasteiger partial charge in [-0.25, -0.2) is 4.79 Å². The molecule has 0 aromatic rings. The summed E-state index contributed by atoms with van der Waals surface area (Å²) >= 11 is 0. The second-order valence-electron chi connectivity index (χ2n) is 21.9. The van der Waals surface area contributed by atoms with E-state index in [0.717, 1.165) is 90.3 Å². The van der Waals surface area contributed by atoms with Crippen LogP contribution in [0.3, 0.4) is 0 Å². The Morgan fingerprint density at radius 2 is 1.38 bits per heavy atom. The molecule has 0 spiro atoms. The minimum absolute atomic E-state index is 0.00757. The summed E-state index contributed by atoms with van der Waals surface area (Å²) in [4.78, 5) is 27.7. The average molecular weight is 996 g/mol. The lowest BCUT2D eigenvalue weighted by molar-refractivity contribution is -0.227. The first-order chi connectivity index (χ1) is 33.6. The standard InChI is InChI=1S/C54H106N6O8Si/c1-6-7-8-9-10-12-27-60(52(62)59-26-32-64-34-36-65-35-33-63-31-25-58-50(61)18-11-13-37-69-5)28-14-17-42(2)45-19-20-46-51-47(40-49(54(45,46)4)67-30-16-24-56)53(3)22-21-44(66-29-15-23-55)38-43(53)39-48(51)68-41-57/h42-49,51H,6-41,55-57,69H2,1-5H3,(H,58,61)(H,59,62)/t42-,43+,44-,45-,46+,47+,48-,49+,51+,53+,54-/m1/s1. The van der Waals surface area contributed by atoms with Crippen LogP contribution in [0.25, 0.3) is 0 Å². The lowest BCUT2D eigenvalue weighted by Crippen LogP contribution is -2.63. The van der Waals surface area contributed by atoms with Crippen LogP contribution in [0.15, 0.2) is 0 Å². The van der Waals surface area contributed by atoms with E-state index in [4.69, 9.17) is 45.6 Å². The third-order valence-electron chi connectivity index (χ3n) is 17.4. The molecule has 8 N–H and O–H groups in total. The van der Waals surface area contributed by atoms with Crippen LogP contribution in [0, 0.1) is 46.3 Å². The highest BCUT2D eigenvalue weighted by Gasteiger charge is 2.66. The van der Waals surface area contributed by atoms with Crippen molar-refractivity contribution in [2.75, 3.05) is 98.9 Å². The summed E-state index contributed by atoms with van der Waals surface area (Å²) in [5.41, 5.74) is 18.4. The van der Waals surface area contributed by atoms with Gasteiger partial charge in [-0.3, -0.25) is 4.79 Å². The molecule has 3 amide bonds. The molecule has 0 aromatic heterocycles. The summed E-state index contributed by atoms with van der Waals surface area (Å²) in [6, 6.07) is 1.32. The van der Waals surface area contributed by atoms with E-state index in [0.29, 0.717) is 120 Å². The van der Waals surface area contributed by atoms with Crippen molar-refractivity contribution in [3.05, 3.63) is 0 Å². The smallest absolute Gasteiger partial charge is 0.317 e. The second kappa shape index (κ2) is 34.2. The van der Waals surface area contributed by atoms with E-state index < -0.39 is 0 Å². The van der Waals surface area contributed by atoms with Gasteiger partial charge in [-0.2, -0.15) is 0 Å². The summed E-state index contributed by atoms with van der Waals surface area (Å²) in [5.74, 6) is 3.19. The van der Waals surface area contributed by atoms with Gasteiger partial charge in [-0.15, -0.1) is 0 Å². The molecule has 404 valence electrons. The number of urea groups is 1. The number of carbonyl (C=O) groups is 2. The molecule has 11 atom stereocenters. The van der Waals surface area contributed by atoms with Crippen LogP contribution < -0.4 is 27.8 Å². The van der Waals surface area contributed by atoms with Crippen LogP contribution in [0.1, 0.15) is 156 Å². The topological polar surface area (TPSA) is 195 Å². The maximum Gasteiger partial charge on any atom is 0.317 e. The predicted molar refractivity (Wildman–Crippen MR) is 282 cm³/mol. The number of rotatable bonds is 39. The largest absolute Gasteiger partial charge is 0.378 e. The Bertz CT molecular complexity index is 1380. The van der Waals surface area contributed by atoms with Gasteiger partial charge in [0.05, 0.1) is 64.7 Å². The van der Waals surface area contributed by atoms with E-state index >= 15 is 0 Å². The Kier molecular flexibility index (Phi) is 29.8. The van der Waals surface area contributed by atoms with E-state index in [1.165, 1.54) is 57.4 Å². The van der Waals surface area contributed by atoms with Crippen molar-refractivity contribution in [1.29, 1.82) is 0 Å². The van der Waals surface area contributed by atoms with Crippen LogP contribution in [-0.4, -0.2) is 144 Å². The Morgan fingerprint density at radius 1 is 0.710 bits per heavy atom. The minimum atomic E-state index is 0.00757. The van der Waals surface area contributed by atoms with E-state index in [1.807, 2.05) is 0 Å². The van der Waals surface area contributed by atoms with Crippen molar-refractivity contribution in [2.45, 2.75) is 187 Å². The number of amides is 3. The summed E-state index contributed by atoms with van der Waals surface area (Å²) in [5, 5.41) is 6.08. The molecule has 14 nitrogen and oxygen atoms in total. The number of fused-ring (bicyclic) bond motifs is 5. The maximum atomic E-state index is 13.7. The average Bonchev–Trinajstić information content (AvgIpc) is 3.70. The molecule has 4 fully saturated rings. The highest BCUT2D eigenvalue weighted by Crippen LogP contribution is 2.69. The van der Waals surface area contributed by atoms with Gasteiger partial charge in [0, 0.05) is 60.7 Å². The van der Waals surface area contributed by atoms with E-state index in [9.17, 15) is 9.59 Å². The number of nitrogens with one attached hydrogen (secondary N) is 2. The molecule has 15 heteroatoms. The molecular weight excluding hydrogens is 889 g/mol. The Labute approximate surface area is 423 Å². The van der Waals surface area contributed by atoms with Crippen molar-refractivity contribution in [1.82, 2.24) is 15.5 Å². The minimum Gasteiger partial charge on any atom is -0.378 e. The molecule has 4 saturated carbocycles. The number of nitrogens with two attached hydrogens (primary N) is 3. The fourth-order valence-corrected chi connectivity index (χ4v) is 14.4. The summed E-state index contributed by atoms with van der Waals surface area (Å²) in [7, 11) is 0.0989. The number of unbranched alkanes of at least 4 members (excludes halogenated alkanes) is 6. The predicted octanol–water partition coefficient (Wildman–Crippen LogP) is 7.39. The van der Waals surface area contributed by atoms with Gasteiger partial charge in [0.2, 0.25) is 5.91 Å². The number of ether oxygens (including phenoxy) is 6. The molecule has 0 aromatic carbocycles. The van der Waals surface area contributed by atoms with Crippen LogP contribution in [0.2, 0.25) is 12.6 Å². The molecule has 0 aliphatic heterocycles. The van der Waals surface area contributed by atoms with Gasteiger partial charge < -0.3 is 61.2 Å². The lowest BCUT2D eigenvalue weighted by atomic mass is 9.43. The summed E-state index contributed by atoms with van der Waals surface area (Å²) < 4.78 is 37.1. The van der Waals surface area contributed by atoms with Crippen molar-refractivity contribution in [3.8, 4) is 0 Å². The number of nitrogens with zero attached hydrogens (tertiary/aromatic N) is 1. The molecule has 4 aliphatic rings. The van der Waals surface area contributed by atoms with Crippen LogP contribution in [-0.2, 0) is 33.2 Å². The molecular formula is C54H106N6O8Si. The van der Waals surface area contributed by atoms with E-state index in [1.54, 1.807) is 0 Å². The van der Waals surface area contributed by atoms with Gasteiger partial charge in [0.15, 0.2) is 0 Å². The van der Waals surface area contributed by atoms with Gasteiger partial charge in [0.25, 0.3) is 0 Å². The van der Waals surface area contributed by atoms with E-state index in [-0.39, 0.29) is 51.2 Å². The van der Waals surface area contributed by atoms with Crippen LogP contribution in [0.4, 0.5) is 4.79 Å². The normalized spacial score (nSPS) is 29.2. The second-order valence-corrected chi connectivity index (χ2v) is 23.6. The van der Waals surface area contributed by atoms with Crippen molar-refractivity contribution >= 4 is 21.5 Å². The number of carbonyl (C=O) groups excluding carboxylic acids is 2. The Morgan fingerprint density at radius 3 is 2.07 bits per heavy atom. The molecule has 0 radical (unpaired) electrons. The molecule has 0 heterocycles. The zero-order chi connectivity index (χ0) is 49.7. The zero-order valence-electron chi connectivity index (χ0n) is 44.8. The molecule has 0 bridgehead atoms. The first-order valence-corrected chi connectivity index (χ1v) is 31.0. The monoisotopic (exact) mass is 995 g/mol. The Balaban J connectivity index is 1.27. The third-order valence-corrected chi connectivity index (χ3v) is 18.6. The Hall–Kier alpha value is -1.40. The third kappa shape index (κ3) is 19.1. The molecule has 0 saturated heterocycles. The number of hydrogen-bond donors (Lipinski definition) is 5. The van der Waals surface area contributed by atoms with Crippen LogP contribution in [0.5, 0.6) is 0 Å². The molecule has 4 rings (SSSR count). The fourth-order valence-electron chi connectivity index (χ4n) is 13.6. The molecule has 0 unspecified atom stereocenters. The first kappa shape index (κ1) is 60.2. The summed E-state index contributed by atoms with van der Waals surface area (Å²) in [6.07, 6.45) is 22.3. The van der Waals surface area contributed by atoms with Crippen molar-refractivity contribution < 1.29 is 38.0 Å².